The van der Waals surface area contributed by atoms with Crippen LogP contribution in [0.25, 0.3) is 43.8 Å². The standard InChI is InChI=1S/C40H32N2O4S2/c43-47(44,39-20-16-33(17-21-39)37-14-12-31-8-1-3-10-35(31)25-37)41-27-29-6-5-7-30(24-29)28-42-48(45,46)40-22-18-34(19-23-40)38-15-13-32-9-2-4-11-36(32)26-38/h1-26,41-42H,27-28H2. The molecule has 0 aliphatic rings. The van der Waals surface area contributed by atoms with Crippen LogP contribution >= 0.6 is 0 Å². The zero-order chi connectivity index (χ0) is 33.1. The fraction of sp³-hybridized carbons (Fsp3) is 0.0500. The van der Waals surface area contributed by atoms with Crippen LogP contribution in [0.5, 0.6) is 0 Å². The number of fused-ring (bicyclic) bond motifs is 2. The van der Waals surface area contributed by atoms with Crippen molar-refractivity contribution in [2.24, 2.45) is 0 Å². The number of hydrogen-bond donors (Lipinski definition) is 2. The number of hydrogen-bond acceptors (Lipinski definition) is 4. The second kappa shape index (κ2) is 13.2. The van der Waals surface area contributed by atoms with E-state index < -0.39 is 20.0 Å². The van der Waals surface area contributed by atoms with Crippen molar-refractivity contribution in [2.75, 3.05) is 0 Å². The van der Waals surface area contributed by atoms with Crippen LogP contribution in [0, 0.1) is 0 Å². The number of rotatable bonds is 10. The Morgan fingerprint density at radius 1 is 0.354 bits per heavy atom. The van der Waals surface area contributed by atoms with Crippen molar-refractivity contribution in [2.45, 2.75) is 22.9 Å². The molecule has 0 aliphatic heterocycles. The molecule has 0 spiro atoms. The van der Waals surface area contributed by atoms with Gasteiger partial charge in [0.05, 0.1) is 9.79 Å². The molecule has 238 valence electrons. The van der Waals surface area contributed by atoms with Crippen LogP contribution in [0.1, 0.15) is 11.1 Å². The molecule has 0 saturated carbocycles. The Morgan fingerprint density at radius 2 is 0.729 bits per heavy atom. The SMILES string of the molecule is O=S(=O)(NCc1cccc(CNS(=O)(=O)c2ccc(-c3ccc4ccccc4c3)cc2)c1)c1ccc(-c2ccc3ccccc3c2)cc1. The minimum Gasteiger partial charge on any atom is -0.207 e. The monoisotopic (exact) mass is 668 g/mol. The van der Waals surface area contributed by atoms with E-state index >= 15 is 0 Å². The molecule has 7 aromatic carbocycles. The topological polar surface area (TPSA) is 92.3 Å². The third-order valence-corrected chi connectivity index (χ3v) is 11.3. The fourth-order valence-electron chi connectivity index (χ4n) is 5.76. The van der Waals surface area contributed by atoms with Gasteiger partial charge in [0.1, 0.15) is 0 Å². The molecule has 0 amide bonds. The summed E-state index contributed by atoms with van der Waals surface area (Å²) in [7, 11) is -7.55. The number of sulfonamides is 2. The van der Waals surface area contributed by atoms with Crippen LogP contribution in [0.15, 0.2) is 168 Å². The van der Waals surface area contributed by atoms with Gasteiger partial charge in [0.15, 0.2) is 0 Å². The van der Waals surface area contributed by atoms with Crippen molar-refractivity contribution in [3.63, 3.8) is 0 Å². The molecule has 0 radical (unpaired) electrons. The molecule has 8 heteroatoms. The molecular weight excluding hydrogens is 637 g/mol. The van der Waals surface area contributed by atoms with Gasteiger partial charge in [-0.25, -0.2) is 26.3 Å². The summed E-state index contributed by atoms with van der Waals surface area (Å²) in [5, 5.41) is 4.53. The predicted octanol–water partition coefficient (Wildman–Crippen LogP) is 8.28. The second-order valence-electron chi connectivity index (χ2n) is 11.6. The lowest BCUT2D eigenvalue weighted by Gasteiger charge is -2.11. The summed E-state index contributed by atoms with van der Waals surface area (Å²) < 4.78 is 57.7. The van der Waals surface area contributed by atoms with Crippen LogP contribution in [0.2, 0.25) is 0 Å². The van der Waals surface area contributed by atoms with Gasteiger partial charge < -0.3 is 0 Å². The molecule has 0 saturated heterocycles. The van der Waals surface area contributed by atoms with Gasteiger partial charge >= 0.3 is 0 Å². The number of nitrogens with one attached hydrogen (secondary N) is 2. The van der Waals surface area contributed by atoms with Gasteiger partial charge in [0.25, 0.3) is 0 Å². The molecule has 0 bridgehead atoms. The van der Waals surface area contributed by atoms with E-state index in [1.165, 1.54) is 0 Å². The largest absolute Gasteiger partial charge is 0.240 e. The Balaban J connectivity index is 0.972. The molecule has 6 nitrogen and oxygen atoms in total. The molecule has 7 rings (SSSR count). The Kier molecular flexibility index (Phi) is 8.64. The highest BCUT2D eigenvalue weighted by atomic mass is 32.2. The van der Waals surface area contributed by atoms with E-state index in [9.17, 15) is 16.8 Å². The van der Waals surface area contributed by atoms with Gasteiger partial charge in [-0.2, -0.15) is 0 Å². The van der Waals surface area contributed by atoms with Gasteiger partial charge in [0, 0.05) is 13.1 Å². The quantitative estimate of drug-likeness (QED) is 0.153. The first kappa shape index (κ1) is 31.5. The first-order valence-corrected chi connectivity index (χ1v) is 18.5. The van der Waals surface area contributed by atoms with Crippen LogP contribution in [-0.4, -0.2) is 16.8 Å². The Bertz CT molecular complexity index is 2310. The lowest BCUT2D eigenvalue weighted by Crippen LogP contribution is -2.24. The summed E-state index contributed by atoms with van der Waals surface area (Å²) in [5.41, 5.74) is 5.30. The van der Waals surface area contributed by atoms with Crippen molar-refractivity contribution in [3.05, 3.63) is 169 Å². The van der Waals surface area contributed by atoms with Gasteiger partial charge in [0.2, 0.25) is 20.0 Å². The minimum atomic E-state index is -3.77. The van der Waals surface area contributed by atoms with Crippen molar-refractivity contribution < 1.29 is 16.8 Å². The normalized spacial score (nSPS) is 12.0. The highest BCUT2D eigenvalue weighted by Crippen LogP contribution is 2.27. The van der Waals surface area contributed by atoms with E-state index in [-0.39, 0.29) is 22.9 Å². The molecular formula is C40H32N2O4S2. The molecule has 2 N–H and O–H groups in total. The minimum absolute atomic E-state index is 0.0611. The zero-order valence-corrected chi connectivity index (χ0v) is 27.5. The molecule has 7 aromatic rings. The Morgan fingerprint density at radius 3 is 1.15 bits per heavy atom. The van der Waals surface area contributed by atoms with E-state index in [0.717, 1.165) is 43.8 Å². The Hall–Kier alpha value is -5.12. The van der Waals surface area contributed by atoms with Crippen LogP contribution in [-0.2, 0) is 33.1 Å². The summed E-state index contributed by atoms with van der Waals surface area (Å²) in [6.07, 6.45) is 0. The maximum Gasteiger partial charge on any atom is 0.240 e. The third-order valence-electron chi connectivity index (χ3n) is 8.42. The van der Waals surface area contributed by atoms with Gasteiger partial charge in [-0.05, 0) is 91.3 Å². The van der Waals surface area contributed by atoms with Crippen LogP contribution < -0.4 is 9.44 Å². The van der Waals surface area contributed by atoms with E-state index in [1.807, 2.05) is 60.7 Å². The van der Waals surface area contributed by atoms with Gasteiger partial charge in [-0.3, -0.25) is 0 Å². The molecule has 0 unspecified atom stereocenters. The van der Waals surface area contributed by atoms with Crippen molar-refractivity contribution in [1.82, 2.24) is 9.44 Å². The van der Waals surface area contributed by atoms with Gasteiger partial charge in [-0.1, -0.05) is 121 Å². The summed E-state index contributed by atoms with van der Waals surface area (Å²) in [4.78, 5) is 0.338. The van der Waals surface area contributed by atoms with Crippen molar-refractivity contribution >= 4 is 41.6 Å². The van der Waals surface area contributed by atoms with E-state index in [0.29, 0.717) is 11.1 Å². The predicted molar refractivity (Wildman–Crippen MR) is 193 cm³/mol. The molecule has 0 atom stereocenters. The van der Waals surface area contributed by atoms with Crippen molar-refractivity contribution in [3.8, 4) is 22.3 Å². The highest BCUT2D eigenvalue weighted by molar-refractivity contribution is 7.89. The van der Waals surface area contributed by atoms with E-state index in [4.69, 9.17) is 0 Å². The first-order valence-electron chi connectivity index (χ1n) is 15.5. The third kappa shape index (κ3) is 6.93. The first-order chi connectivity index (χ1) is 23.2. The van der Waals surface area contributed by atoms with Crippen LogP contribution in [0.3, 0.4) is 0 Å². The van der Waals surface area contributed by atoms with Gasteiger partial charge in [-0.15, -0.1) is 0 Å². The lowest BCUT2D eigenvalue weighted by atomic mass is 10.0. The lowest BCUT2D eigenvalue weighted by molar-refractivity contribution is 0.580. The van der Waals surface area contributed by atoms with E-state index in [2.05, 4.69) is 58.0 Å². The summed E-state index contributed by atoms with van der Waals surface area (Å²) in [6.45, 7) is 0.122. The zero-order valence-electron chi connectivity index (χ0n) is 25.9. The van der Waals surface area contributed by atoms with E-state index in [1.54, 1.807) is 48.5 Å². The van der Waals surface area contributed by atoms with Crippen molar-refractivity contribution in [1.29, 1.82) is 0 Å². The smallest absolute Gasteiger partial charge is 0.207 e. The maximum absolute atomic E-state index is 13.1. The fourth-order valence-corrected chi connectivity index (χ4v) is 7.80. The number of benzene rings is 7. The summed E-state index contributed by atoms with van der Waals surface area (Å²) in [5.74, 6) is 0. The molecule has 0 aliphatic carbocycles. The molecule has 0 heterocycles. The average molecular weight is 669 g/mol. The molecule has 0 fully saturated rings. The highest BCUT2D eigenvalue weighted by Gasteiger charge is 2.16. The second-order valence-corrected chi connectivity index (χ2v) is 15.2. The Labute approximate surface area is 280 Å². The summed E-state index contributed by atoms with van der Waals surface area (Å²) in [6, 6.07) is 49.4. The summed E-state index contributed by atoms with van der Waals surface area (Å²) >= 11 is 0. The van der Waals surface area contributed by atoms with Crippen LogP contribution in [0.4, 0.5) is 0 Å². The average Bonchev–Trinajstić information content (AvgIpc) is 3.13. The molecule has 0 aromatic heterocycles. The maximum atomic E-state index is 13.1. The molecule has 48 heavy (non-hydrogen) atoms.